The lowest BCUT2D eigenvalue weighted by Crippen LogP contribution is -2.23. The van der Waals surface area contributed by atoms with Crippen LogP contribution in [0.2, 0.25) is 0 Å². The van der Waals surface area contributed by atoms with Crippen molar-refractivity contribution >= 4 is 27.5 Å². The number of para-hydroxylation sites is 1. The Morgan fingerprint density at radius 2 is 1.53 bits per heavy atom. The molecule has 1 amide bonds. The molecule has 0 aliphatic carbocycles. The fraction of sp³-hybridized carbons (Fsp3) is 0.0800. The van der Waals surface area contributed by atoms with Crippen LogP contribution in [0.15, 0.2) is 95.9 Å². The van der Waals surface area contributed by atoms with E-state index < -0.39 is 28.3 Å². The molecule has 172 valence electrons. The van der Waals surface area contributed by atoms with E-state index in [9.17, 15) is 18.0 Å². The third kappa shape index (κ3) is 5.21. The van der Waals surface area contributed by atoms with E-state index in [-0.39, 0.29) is 10.5 Å². The van der Waals surface area contributed by atoms with Crippen LogP contribution in [0.25, 0.3) is 16.9 Å². The Labute approximate surface area is 196 Å². The number of carbonyl (C=O) groups is 2. The molecule has 1 heterocycles. The molecule has 0 saturated carbocycles. The minimum absolute atomic E-state index is 0.126. The number of nitrogens with zero attached hydrogens (tertiary/aromatic N) is 2. The minimum Gasteiger partial charge on any atom is -0.452 e. The second kappa shape index (κ2) is 9.72. The number of benzene rings is 3. The number of nitrogens with one attached hydrogen (secondary N) is 1. The van der Waals surface area contributed by atoms with E-state index in [1.165, 1.54) is 24.3 Å². The topological polar surface area (TPSA) is 107 Å². The third-order valence-corrected chi connectivity index (χ3v) is 6.04. The number of aromatic nitrogens is 2. The number of ether oxygens (including phenoxy) is 1. The van der Waals surface area contributed by atoms with Gasteiger partial charge in [-0.3, -0.25) is 4.79 Å². The van der Waals surface area contributed by atoms with Gasteiger partial charge in [-0.25, -0.2) is 17.9 Å². The number of carbonyl (C=O) groups excluding carboxylic acids is 2. The number of esters is 1. The number of rotatable bonds is 7. The molecule has 0 aliphatic heterocycles. The maximum Gasteiger partial charge on any atom is 0.339 e. The average molecular weight is 476 g/mol. The number of sulfone groups is 1. The molecule has 0 aliphatic rings. The van der Waals surface area contributed by atoms with Gasteiger partial charge in [-0.15, -0.1) is 0 Å². The van der Waals surface area contributed by atoms with Crippen molar-refractivity contribution in [2.75, 3.05) is 18.2 Å². The maximum atomic E-state index is 12.6. The molecule has 8 nitrogen and oxygen atoms in total. The Morgan fingerprint density at radius 1 is 0.912 bits per heavy atom. The summed E-state index contributed by atoms with van der Waals surface area (Å²) in [5.74, 6) is -1.11. The van der Waals surface area contributed by atoms with Crippen LogP contribution in [-0.4, -0.2) is 42.9 Å². The molecule has 9 heteroatoms. The molecular weight excluding hydrogens is 454 g/mol. The summed E-state index contributed by atoms with van der Waals surface area (Å²) in [5.41, 5.74) is 2.13. The zero-order chi connectivity index (χ0) is 24.1. The normalized spacial score (nSPS) is 11.1. The second-order valence-corrected chi connectivity index (χ2v) is 9.40. The molecule has 0 bridgehead atoms. The van der Waals surface area contributed by atoms with Crippen LogP contribution in [0, 0.1) is 0 Å². The number of anilines is 1. The summed E-state index contributed by atoms with van der Waals surface area (Å²) in [6.07, 6.45) is 1.00. The number of amides is 1. The van der Waals surface area contributed by atoms with Gasteiger partial charge in [0.2, 0.25) is 0 Å². The van der Waals surface area contributed by atoms with Gasteiger partial charge >= 0.3 is 5.97 Å². The van der Waals surface area contributed by atoms with E-state index >= 15 is 0 Å². The van der Waals surface area contributed by atoms with Crippen LogP contribution < -0.4 is 5.32 Å². The van der Waals surface area contributed by atoms with Crippen molar-refractivity contribution in [3.8, 4) is 16.9 Å². The Bertz CT molecular complexity index is 1430. The van der Waals surface area contributed by atoms with Crippen LogP contribution in [0.3, 0.4) is 0 Å². The number of hydrogen-bond donors (Lipinski definition) is 1. The summed E-state index contributed by atoms with van der Waals surface area (Å²) >= 11 is 0. The van der Waals surface area contributed by atoms with Crippen molar-refractivity contribution in [2.24, 2.45) is 0 Å². The molecule has 3 aromatic carbocycles. The van der Waals surface area contributed by atoms with Gasteiger partial charge in [-0.05, 0) is 24.3 Å². The summed E-state index contributed by atoms with van der Waals surface area (Å²) in [6, 6.07) is 26.2. The number of hydrogen-bond acceptors (Lipinski definition) is 6. The lowest BCUT2D eigenvalue weighted by atomic mass is 10.2. The van der Waals surface area contributed by atoms with Gasteiger partial charge in [0, 0.05) is 17.9 Å². The predicted molar refractivity (Wildman–Crippen MR) is 127 cm³/mol. The van der Waals surface area contributed by atoms with E-state index in [1.807, 2.05) is 60.7 Å². The molecule has 0 spiro atoms. The first-order valence-corrected chi connectivity index (χ1v) is 12.2. The van der Waals surface area contributed by atoms with E-state index in [2.05, 4.69) is 10.4 Å². The summed E-state index contributed by atoms with van der Waals surface area (Å²) in [6.45, 7) is -0.600. The van der Waals surface area contributed by atoms with Gasteiger partial charge in [0.15, 0.2) is 16.4 Å². The molecule has 4 rings (SSSR count). The smallest absolute Gasteiger partial charge is 0.339 e. The maximum absolute atomic E-state index is 12.6. The SMILES string of the molecule is CS(=O)(=O)c1ccccc1C(=O)OCC(=O)Nc1cc(-c2ccccc2)nn1-c1ccccc1. The molecule has 1 N–H and O–H groups in total. The van der Waals surface area contributed by atoms with E-state index in [0.717, 1.165) is 17.5 Å². The molecule has 0 fully saturated rings. The molecule has 4 aromatic rings. The fourth-order valence-electron chi connectivity index (χ4n) is 3.33. The lowest BCUT2D eigenvalue weighted by molar-refractivity contribution is -0.119. The molecule has 0 saturated heterocycles. The lowest BCUT2D eigenvalue weighted by Gasteiger charge is -2.10. The van der Waals surface area contributed by atoms with Crippen LogP contribution in [0.1, 0.15) is 10.4 Å². The molecule has 0 atom stereocenters. The third-order valence-electron chi connectivity index (χ3n) is 4.89. The van der Waals surface area contributed by atoms with E-state index in [4.69, 9.17) is 4.74 Å². The van der Waals surface area contributed by atoms with Gasteiger partial charge in [0.05, 0.1) is 21.8 Å². The summed E-state index contributed by atoms with van der Waals surface area (Å²) in [5, 5.41) is 7.33. The van der Waals surface area contributed by atoms with Crippen molar-refractivity contribution in [3.05, 3.63) is 96.6 Å². The van der Waals surface area contributed by atoms with Crippen molar-refractivity contribution in [1.29, 1.82) is 0 Å². The van der Waals surface area contributed by atoms with Gasteiger partial charge in [0.1, 0.15) is 5.82 Å². The minimum atomic E-state index is -3.64. The largest absolute Gasteiger partial charge is 0.452 e. The van der Waals surface area contributed by atoms with Crippen molar-refractivity contribution < 1.29 is 22.7 Å². The van der Waals surface area contributed by atoms with Crippen molar-refractivity contribution in [1.82, 2.24) is 9.78 Å². The Hall–Kier alpha value is -4.24. The van der Waals surface area contributed by atoms with Crippen molar-refractivity contribution in [3.63, 3.8) is 0 Å². The first-order valence-electron chi connectivity index (χ1n) is 10.3. The first-order chi connectivity index (χ1) is 16.3. The second-order valence-electron chi connectivity index (χ2n) is 7.42. The van der Waals surface area contributed by atoms with Gasteiger partial charge < -0.3 is 10.1 Å². The van der Waals surface area contributed by atoms with Crippen LogP contribution in [-0.2, 0) is 19.4 Å². The van der Waals surface area contributed by atoms with Gasteiger partial charge in [0.25, 0.3) is 5.91 Å². The Morgan fingerprint density at radius 3 is 2.21 bits per heavy atom. The molecule has 0 unspecified atom stereocenters. The average Bonchev–Trinajstić information content (AvgIpc) is 3.27. The summed E-state index contributed by atoms with van der Waals surface area (Å²) in [7, 11) is -3.64. The molecule has 1 aromatic heterocycles. The Balaban J connectivity index is 1.53. The quantitative estimate of drug-likeness (QED) is 0.408. The highest BCUT2D eigenvalue weighted by molar-refractivity contribution is 7.90. The predicted octanol–water partition coefficient (Wildman–Crippen LogP) is 3.74. The van der Waals surface area contributed by atoms with Crippen molar-refractivity contribution in [2.45, 2.75) is 4.90 Å². The molecular formula is C25H21N3O5S. The fourth-order valence-corrected chi connectivity index (χ4v) is 4.21. The summed E-state index contributed by atoms with van der Waals surface area (Å²) in [4.78, 5) is 24.9. The standard InChI is InChI=1S/C25H21N3O5S/c1-34(31,32)22-15-9-8-14-20(22)25(30)33-17-24(29)26-23-16-21(18-10-4-2-5-11-18)27-28(23)19-12-6-3-7-13-19/h2-16H,17H2,1H3,(H,26,29). The van der Waals surface area contributed by atoms with E-state index in [1.54, 1.807) is 10.7 Å². The van der Waals surface area contributed by atoms with Gasteiger partial charge in [-0.2, -0.15) is 5.10 Å². The zero-order valence-corrected chi connectivity index (χ0v) is 19.0. The van der Waals surface area contributed by atoms with Crippen LogP contribution >= 0.6 is 0 Å². The highest BCUT2D eigenvalue weighted by atomic mass is 32.2. The Kier molecular flexibility index (Phi) is 6.55. The van der Waals surface area contributed by atoms with Gasteiger partial charge in [-0.1, -0.05) is 60.7 Å². The van der Waals surface area contributed by atoms with E-state index in [0.29, 0.717) is 11.5 Å². The zero-order valence-electron chi connectivity index (χ0n) is 18.2. The molecule has 34 heavy (non-hydrogen) atoms. The highest BCUT2D eigenvalue weighted by Crippen LogP contribution is 2.24. The molecule has 0 radical (unpaired) electrons. The van der Waals surface area contributed by atoms with Crippen LogP contribution in [0.4, 0.5) is 5.82 Å². The summed E-state index contributed by atoms with van der Waals surface area (Å²) < 4.78 is 30.5. The monoisotopic (exact) mass is 475 g/mol. The first kappa shape index (κ1) is 22.9. The van der Waals surface area contributed by atoms with Crippen LogP contribution in [0.5, 0.6) is 0 Å². The highest BCUT2D eigenvalue weighted by Gasteiger charge is 2.21.